The predicted molar refractivity (Wildman–Crippen MR) is 78.2 cm³/mol. The molecule has 1 aliphatic rings. The van der Waals surface area contributed by atoms with E-state index in [1.54, 1.807) is 10.9 Å². The van der Waals surface area contributed by atoms with Crippen LogP contribution in [0.15, 0.2) is 29.8 Å². The Morgan fingerprint density at radius 3 is 3.00 bits per heavy atom. The van der Waals surface area contributed by atoms with Gasteiger partial charge < -0.3 is 9.47 Å². The van der Waals surface area contributed by atoms with Gasteiger partial charge in [-0.25, -0.2) is 9.97 Å². The molecule has 0 saturated carbocycles. The number of thiophene rings is 1. The van der Waals surface area contributed by atoms with Crippen LogP contribution in [0.2, 0.25) is 0 Å². The van der Waals surface area contributed by atoms with Crippen molar-refractivity contribution in [2.45, 2.75) is 6.92 Å². The van der Waals surface area contributed by atoms with Crippen LogP contribution in [0.5, 0.6) is 11.5 Å². The Morgan fingerprint density at radius 2 is 2.14 bits per heavy atom. The highest BCUT2D eigenvalue weighted by Crippen LogP contribution is 2.45. The molecule has 0 N–H and O–H groups in total. The van der Waals surface area contributed by atoms with Gasteiger partial charge in [0.25, 0.3) is 0 Å². The molecule has 21 heavy (non-hydrogen) atoms. The first-order valence-corrected chi connectivity index (χ1v) is 7.43. The zero-order chi connectivity index (χ0) is 14.2. The number of hydrogen-bond acceptors (Lipinski definition) is 6. The topological polar surface area (TPSA) is 62.1 Å². The molecule has 0 fully saturated rings. The Morgan fingerprint density at radius 1 is 1.24 bits per heavy atom. The summed E-state index contributed by atoms with van der Waals surface area (Å²) in [5, 5.41) is 6.38. The first-order chi connectivity index (χ1) is 10.3. The van der Waals surface area contributed by atoms with Gasteiger partial charge in [-0.05, 0) is 19.1 Å². The van der Waals surface area contributed by atoms with E-state index < -0.39 is 0 Å². The monoisotopic (exact) mass is 300 g/mol. The van der Waals surface area contributed by atoms with Gasteiger partial charge in [0.15, 0.2) is 23.1 Å². The fourth-order valence-electron chi connectivity index (χ4n) is 2.22. The molecule has 0 aliphatic carbocycles. The summed E-state index contributed by atoms with van der Waals surface area (Å²) >= 11 is 1.54. The zero-order valence-corrected chi connectivity index (χ0v) is 12.1. The van der Waals surface area contributed by atoms with Gasteiger partial charge in [-0.15, -0.1) is 16.4 Å². The Balaban J connectivity index is 1.88. The SMILES string of the molecule is Cc1nc(-c2scc3c2OCCO3)n(-c2ccccn2)n1. The van der Waals surface area contributed by atoms with E-state index >= 15 is 0 Å². The lowest BCUT2D eigenvalue weighted by Crippen LogP contribution is -2.14. The van der Waals surface area contributed by atoms with Gasteiger partial charge in [0.1, 0.15) is 23.9 Å². The molecule has 3 aromatic rings. The number of aromatic nitrogens is 4. The zero-order valence-electron chi connectivity index (χ0n) is 11.3. The van der Waals surface area contributed by atoms with Gasteiger partial charge in [-0.2, -0.15) is 4.68 Å². The number of ether oxygens (including phenoxy) is 2. The van der Waals surface area contributed by atoms with Crippen LogP contribution in [-0.4, -0.2) is 33.0 Å². The molecule has 0 saturated heterocycles. The minimum absolute atomic E-state index is 0.549. The van der Waals surface area contributed by atoms with Gasteiger partial charge in [-0.1, -0.05) is 6.07 Å². The average molecular weight is 300 g/mol. The van der Waals surface area contributed by atoms with E-state index in [1.165, 1.54) is 11.3 Å². The van der Waals surface area contributed by atoms with E-state index in [4.69, 9.17) is 9.47 Å². The fourth-order valence-corrected chi connectivity index (χ4v) is 3.12. The highest BCUT2D eigenvalue weighted by molar-refractivity contribution is 7.14. The number of hydrogen-bond donors (Lipinski definition) is 0. The van der Waals surface area contributed by atoms with Crippen LogP contribution in [0.4, 0.5) is 0 Å². The molecule has 0 bridgehead atoms. The maximum Gasteiger partial charge on any atom is 0.183 e. The summed E-state index contributed by atoms with van der Waals surface area (Å²) in [6.07, 6.45) is 1.74. The van der Waals surface area contributed by atoms with Crippen molar-refractivity contribution in [3.8, 4) is 28.0 Å². The van der Waals surface area contributed by atoms with Gasteiger partial charge in [-0.3, -0.25) is 0 Å². The van der Waals surface area contributed by atoms with Crippen LogP contribution < -0.4 is 9.47 Å². The fraction of sp³-hybridized carbons (Fsp3) is 0.214. The quantitative estimate of drug-likeness (QED) is 0.727. The Bertz CT molecular complexity index is 782. The van der Waals surface area contributed by atoms with Crippen LogP contribution in [0, 0.1) is 6.92 Å². The van der Waals surface area contributed by atoms with Gasteiger partial charge in [0, 0.05) is 11.6 Å². The molecule has 0 unspecified atom stereocenters. The van der Waals surface area contributed by atoms with Crippen LogP contribution in [0.1, 0.15) is 5.82 Å². The molecule has 0 aromatic carbocycles. The second kappa shape index (κ2) is 4.85. The predicted octanol–water partition coefficient (Wildman–Crippen LogP) is 2.47. The summed E-state index contributed by atoms with van der Waals surface area (Å²) in [4.78, 5) is 9.78. The molecule has 7 heteroatoms. The van der Waals surface area contributed by atoms with Crippen molar-refractivity contribution in [3.63, 3.8) is 0 Å². The molecule has 3 aromatic heterocycles. The highest BCUT2D eigenvalue weighted by Gasteiger charge is 2.24. The van der Waals surface area contributed by atoms with Gasteiger partial charge >= 0.3 is 0 Å². The van der Waals surface area contributed by atoms with Crippen molar-refractivity contribution in [2.75, 3.05) is 13.2 Å². The van der Waals surface area contributed by atoms with Crippen molar-refractivity contribution in [3.05, 3.63) is 35.6 Å². The highest BCUT2D eigenvalue weighted by atomic mass is 32.1. The number of rotatable bonds is 2. The Kier molecular flexibility index (Phi) is 2.85. The van der Waals surface area contributed by atoms with E-state index in [0.717, 1.165) is 28.0 Å². The smallest absolute Gasteiger partial charge is 0.183 e. The second-order valence-electron chi connectivity index (χ2n) is 4.54. The summed E-state index contributed by atoms with van der Waals surface area (Å²) in [5.74, 6) is 3.66. The molecule has 0 amide bonds. The van der Waals surface area contributed by atoms with Crippen molar-refractivity contribution < 1.29 is 9.47 Å². The molecule has 4 rings (SSSR count). The summed E-state index contributed by atoms with van der Waals surface area (Å²) in [7, 11) is 0. The summed E-state index contributed by atoms with van der Waals surface area (Å²) < 4.78 is 13.1. The molecule has 6 nitrogen and oxygen atoms in total. The van der Waals surface area contributed by atoms with Crippen LogP contribution >= 0.6 is 11.3 Å². The first kappa shape index (κ1) is 12.3. The third-order valence-corrected chi connectivity index (χ3v) is 4.02. The van der Waals surface area contributed by atoms with E-state index in [0.29, 0.717) is 19.0 Å². The summed E-state index contributed by atoms with van der Waals surface area (Å²) in [5.41, 5.74) is 0. The van der Waals surface area contributed by atoms with E-state index in [1.807, 2.05) is 30.5 Å². The standard InChI is InChI=1S/C14H12N4O2S/c1-9-16-14(18(17-9)11-4-2-3-5-15-11)13-12-10(8-21-13)19-6-7-20-12/h2-5,8H,6-7H2,1H3. The van der Waals surface area contributed by atoms with Crippen molar-refractivity contribution in [1.29, 1.82) is 0 Å². The lowest BCUT2D eigenvalue weighted by atomic mass is 10.3. The van der Waals surface area contributed by atoms with Gasteiger partial charge in [0.05, 0.1) is 0 Å². The average Bonchev–Trinajstić information content (AvgIpc) is 3.11. The summed E-state index contributed by atoms with van der Waals surface area (Å²) in [6.45, 7) is 2.99. The molecular weight excluding hydrogens is 288 g/mol. The third-order valence-electron chi connectivity index (χ3n) is 3.08. The maximum absolute atomic E-state index is 5.73. The van der Waals surface area contributed by atoms with Crippen LogP contribution in [-0.2, 0) is 0 Å². The lowest BCUT2D eigenvalue weighted by Gasteiger charge is -2.15. The first-order valence-electron chi connectivity index (χ1n) is 6.55. The molecule has 106 valence electrons. The second-order valence-corrected chi connectivity index (χ2v) is 5.42. The van der Waals surface area contributed by atoms with Crippen LogP contribution in [0.3, 0.4) is 0 Å². The third kappa shape index (κ3) is 2.06. The van der Waals surface area contributed by atoms with Gasteiger partial charge in [0.2, 0.25) is 0 Å². The van der Waals surface area contributed by atoms with E-state index in [-0.39, 0.29) is 0 Å². The largest absolute Gasteiger partial charge is 0.485 e. The number of fused-ring (bicyclic) bond motifs is 1. The number of pyridine rings is 1. The summed E-state index contributed by atoms with van der Waals surface area (Å²) in [6, 6.07) is 5.69. The Labute approximate surface area is 125 Å². The Hall–Kier alpha value is -2.41. The van der Waals surface area contributed by atoms with Crippen molar-refractivity contribution in [1.82, 2.24) is 19.7 Å². The molecule has 4 heterocycles. The van der Waals surface area contributed by atoms with E-state index in [2.05, 4.69) is 15.1 Å². The molecule has 1 aliphatic heterocycles. The molecule has 0 spiro atoms. The van der Waals surface area contributed by atoms with Crippen molar-refractivity contribution >= 4 is 11.3 Å². The van der Waals surface area contributed by atoms with Crippen LogP contribution in [0.25, 0.3) is 16.5 Å². The lowest BCUT2D eigenvalue weighted by molar-refractivity contribution is 0.174. The molecule has 0 radical (unpaired) electrons. The molecule has 0 atom stereocenters. The number of nitrogens with zero attached hydrogens (tertiary/aromatic N) is 4. The number of aryl methyl sites for hydroxylation is 1. The van der Waals surface area contributed by atoms with Crippen molar-refractivity contribution in [2.24, 2.45) is 0 Å². The minimum Gasteiger partial charge on any atom is -0.485 e. The minimum atomic E-state index is 0.549. The molecular formula is C14H12N4O2S. The van der Waals surface area contributed by atoms with E-state index in [9.17, 15) is 0 Å². The normalized spacial score (nSPS) is 13.4. The maximum atomic E-state index is 5.73.